The van der Waals surface area contributed by atoms with Gasteiger partial charge in [0.2, 0.25) is 0 Å². The van der Waals surface area contributed by atoms with Gasteiger partial charge in [0, 0.05) is 5.92 Å². The summed E-state index contributed by atoms with van der Waals surface area (Å²) < 4.78 is 0. The summed E-state index contributed by atoms with van der Waals surface area (Å²) in [4.78, 5) is 12.2. The summed E-state index contributed by atoms with van der Waals surface area (Å²) in [5, 5.41) is 10.1. The molecular formula is C21H34O2. The van der Waals surface area contributed by atoms with Crippen molar-refractivity contribution in [1.82, 2.24) is 0 Å². The van der Waals surface area contributed by atoms with Gasteiger partial charge in [0.25, 0.3) is 0 Å². The second-order valence-electron chi connectivity index (χ2n) is 9.87. The molecule has 0 amide bonds. The Bertz CT molecular complexity index is 500. The fraction of sp³-hybridized carbons (Fsp3) is 0.952. The summed E-state index contributed by atoms with van der Waals surface area (Å²) in [6, 6.07) is 0. The van der Waals surface area contributed by atoms with Gasteiger partial charge in [-0.15, -0.1) is 0 Å². The van der Waals surface area contributed by atoms with E-state index in [1.54, 1.807) is 0 Å². The smallest absolute Gasteiger partial charge is 0.133 e. The van der Waals surface area contributed by atoms with Gasteiger partial charge in [0.05, 0.1) is 6.10 Å². The lowest BCUT2D eigenvalue weighted by Crippen LogP contribution is -2.54. The predicted octanol–water partition coefficient (Wildman–Crippen LogP) is 4.60. The van der Waals surface area contributed by atoms with Crippen LogP contribution in [0.5, 0.6) is 0 Å². The fourth-order valence-corrected chi connectivity index (χ4v) is 7.90. The molecule has 4 rings (SSSR count). The van der Waals surface area contributed by atoms with E-state index in [4.69, 9.17) is 0 Å². The van der Waals surface area contributed by atoms with E-state index in [-0.39, 0.29) is 11.5 Å². The molecule has 130 valence electrons. The van der Waals surface area contributed by atoms with Crippen molar-refractivity contribution in [3.8, 4) is 0 Å². The van der Waals surface area contributed by atoms with Crippen LogP contribution >= 0.6 is 0 Å². The molecule has 0 saturated heterocycles. The highest BCUT2D eigenvalue weighted by Gasteiger charge is 2.60. The SMILES string of the molecule is CC(=O)[C@H]1CC[C@H]2C3CC[C@@H]4C[C@H](O)CC[C@]4(C)C3CC[C@]12C. The highest BCUT2D eigenvalue weighted by molar-refractivity contribution is 5.79. The summed E-state index contributed by atoms with van der Waals surface area (Å²) >= 11 is 0. The molecular weight excluding hydrogens is 284 g/mol. The second kappa shape index (κ2) is 5.31. The molecule has 0 heterocycles. The second-order valence-corrected chi connectivity index (χ2v) is 9.87. The Morgan fingerprint density at radius 3 is 2.35 bits per heavy atom. The van der Waals surface area contributed by atoms with E-state index in [9.17, 15) is 9.90 Å². The van der Waals surface area contributed by atoms with Crippen LogP contribution in [0.3, 0.4) is 0 Å². The van der Waals surface area contributed by atoms with E-state index >= 15 is 0 Å². The first-order chi connectivity index (χ1) is 10.9. The third-order valence-electron chi connectivity index (χ3n) is 9.13. The normalized spacial score (nSPS) is 55.7. The minimum Gasteiger partial charge on any atom is -0.393 e. The standard InChI is InChI=1S/C21H34O2/c1-13(22)17-6-7-18-16-5-4-14-12-15(23)8-10-20(14,2)19(16)9-11-21(17,18)3/h14-19,23H,4-12H2,1-3H3/t14-,15-,16?,17-,18+,19?,20+,21-/m1/s1. The Morgan fingerprint density at radius 2 is 1.61 bits per heavy atom. The van der Waals surface area contributed by atoms with Crippen molar-refractivity contribution in [1.29, 1.82) is 0 Å². The molecule has 2 nitrogen and oxygen atoms in total. The molecule has 0 aromatic heterocycles. The van der Waals surface area contributed by atoms with Crippen LogP contribution in [0.1, 0.15) is 78.6 Å². The molecule has 2 unspecified atom stereocenters. The number of hydrogen-bond donors (Lipinski definition) is 1. The zero-order valence-electron chi connectivity index (χ0n) is 15.2. The lowest BCUT2D eigenvalue weighted by atomic mass is 9.44. The van der Waals surface area contributed by atoms with E-state index in [0.29, 0.717) is 17.1 Å². The van der Waals surface area contributed by atoms with E-state index in [2.05, 4.69) is 13.8 Å². The summed E-state index contributed by atoms with van der Waals surface area (Å²) in [6.45, 7) is 6.80. The van der Waals surface area contributed by atoms with Gasteiger partial charge in [-0.1, -0.05) is 13.8 Å². The summed E-state index contributed by atoms with van der Waals surface area (Å²) in [6.07, 6.45) is 10.9. The van der Waals surface area contributed by atoms with Gasteiger partial charge in [-0.25, -0.2) is 0 Å². The summed E-state index contributed by atoms with van der Waals surface area (Å²) in [7, 11) is 0. The number of carbonyl (C=O) groups is 1. The third kappa shape index (κ3) is 2.19. The molecule has 0 spiro atoms. The van der Waals surface area contributed by atoms with Crippen LogP contribution in [0.25, 0.3) is 0 Å². The Kier molecular flexibility index (Phi) is 3.72. The molecule has 0 bridgehead atoms. The number of Topliss-reactive ketones (excluding diaryl/α,β-unsaturated/α-hetero) is 1. The van der Waals surface area contributed by atoms with Crippen molar-refractivity contribution in [2.45, 2.75) is 84.7 Å². The topological polar surface area (TPSA) is 37.3 Å². The van der Waals surface area contributed by atoms with Crippen LogP contribution < -0.4 is 0 Å². The minimum atomic E-state index is -0.0490. The maximum Gasteiger partial charge on any atom is 0.133 e. The zero-order chi connectivity index (χ0) is 16.4. The van der Waals surface area contributed by atoms with Crippen LogP contribution in [-0.2, 0) is 4.79 Å². The number of hydrogen-bond acceptors (Lipinski definition) is 2. The van der Waals surface area contributed by atoms with Gasteiger partial charge >= 0.3 is 0 Å². The molecule has 4 aliphatic rings. The first-order valence-corrected chi connectivity index (χ1v) is 10.0. The van der Waals surface area contributed by atoms with Gasteiger partial charge in [-0.05, 0) is 99.2 Å². The summed E-state index contributed by atoms with van der Waals surface area (Å²) in [5.41, 5.74) is 0.738. The zero-order valence-corrected chi connectivity index (χ0v) is 15.2. The van der Waals surface area contributed by atoms with Crippen LogP contribution in [0, 0.1) is 40.4 Å². The van der Waals surface area contributed by atoms with Crippen LogP contribution in [-0.4, -0.2) is 17.0 Å². The van der Waals surface area contributed by atoms with Gasteiger partial charge in [-0.2, -0.15) is 0 Å². The Morgan fingerprint density at radius 1 is 0.913 bits per heavy atom. The Balaban J connectivity index is 1.61. The average molecular weight is 319 g/mol. The predicted molar refractivity (Wildman–Crippen MR) is 91.9 cm³/mol. The van der Waals surface area contributed by atoms with E-state index in [0.717, 1.165) is 42.9 Å². The molecule has 23 heavy (non-hydrogen) atoms. The highest BCUT2D eigenvalue weighted by atomic mass is 16.3. The number of ketones is 1. The van der Waals surface area contributed by atoms with Crippen molar-refractivity contribution in [2.24, 2.45) is 40.4 Å². The molecule has 0 radical (unpaired) electrons. The number of aliphatic hydroxyl groups excluding tert-OH is 1. The van der Waals surface area contributed by atoms with Crippen LogP contribution in [0.15, 0.2) is 0 Å². The molecule has 4 fully saturated rings. The third-order valence-corrected chi connectivity index (χ3v) is 9.13. The largest absolute Gasteiger partial charge is 0.393 e. The maximum absolute atomic E-state index is 12.2. The molecule has 1 N–H and O–H groups in total. The van der Waals surface area contributed by atoms with E-state index in [1.807, 2.05) is 6.92 Å². The van der Waals surface area contributed by atoms with Gasteiger partial charge in [-0.3, -0.25) is 4.79 Å². The van der Waals surface area contributed by atoms with Crippen molar-refractivity contribution >= 4 is 5.78 Å². The fourth-order valence-electron chi connectivity index (χ4n) is 7.90. The molecule has 2 heteroatoms. The van der Waals surface area contributed by atoms with Crippen molar-refractivity contribution in [3.05, 3.63) is 0 Å². The van der Waals surface area contributed by atoms with E-state index in [1.165, 1.54) is 38.5 Å². The van der Waals surface area contributed by atoms with Gasteiger partial charge < -0.3 is 5.11 Å². The van der Waals surface area contributed by atoms with Crippen molar-refractivity contribution < 1.29 is 9.90 Å². The van der Waals surface area contributed by atoms with Crippen molar-refractivity contribution in [2.75, 3.05) is 0 Å². The minimum absolute atomic E-state index is 0.0490. The number of carbonyl (C=O) groups excluding carboxylic acids is 1. The molecule has 0 aromatic carbocycles. The Labute approximate surface area is 141 Å². The molecule has 0 aromatic rings. The van der Waals surface area contributed by atoms with Gasteiger partial charge in [0.1, 0.15) is 5.78 Å². The average Bonchev–Trinajstić information content (AvgIpc) is 2.85. The van der Waals surface area contributed by atoms with E-state index < -0.39 is 0 Å². The lowest BCUT2D eigenvalue weighted by molar-refractivity contribution is -0.138. The Hall–Kier alpha value is -0.370. The molecule has 0 aliphatic heterocycles. The number of aliphatic hydroxyl groups is 1. The van der Waals surface area contributed by atoms with Crippen LogP contribution in [0.4, 0.5) is 0 Å². The molecule has 8 atom stereocenters. The van der Waals surface area contributed by atoms with Crippen LogP contribution in [0.2, 0.25) is 0 Å². The summed E-state index contributed by atoms with van der Waals surface area (Å²) in [5.74, 6) is 3.97. The monoisotopic (exact) mass is 318 g/mol. The first-order valence-electron chi connectivity index (χ1n) is 10.0. The van der Waals surface area contributed by atoms with Crippen molar-refractivity contribution in [3.63, 3.8) is 0 Å². The quantitative estimate of drug-likeness (QED) is 0.767. The highest BCUT2D eigenvalue weighted by Crippen LogP contribution is 2.67. The molecule has 4 saturated carbocycles. The first kappa shape index (κ1) is 16.1. The van der Waals surface area contributed by atoms with Gasteiger partial charge in [0.15, 0.2) is 0 Å². The number of fused-ring (bicyclic) bond motifs is 5. The maximum atomic E-state index is 12.2. The molecule has 4 aliphatic carbocycles. The number of rotatable bonds is 1. The lowest BCUT2D eigenvalue weighted by Gasteiger charge is -2.60.